The van der Waals surface area contributed by atoms with Gasteiger partial charge in [0.25, 0.3) is 0 Å². The van der Waals surface area contributed by atoms with Crippen molar-refractivity contribution in [3.8, 4) is 0 Å². The molecule has 1 fully saturated rings. The van der Waals surface area contributed by atoms with Crippen molar-refractivity contribution in [3.63, 3.8) is 0 Å². The Morgan fingerprint density at radius 3 is 2.33 bits per heavy atom. The third-order valence-electron chi connectivity index (χ3n) is 3.52. The number of rotatable bonds is 5. The maximum atomic E-state index is 11.3. The highest BCUT2D eigenvalue weighted by molar-refractivity contribution is 8.02. The van der Waals surface area contributed by atoms with Crippen molar-refractivity contribution >= 4 is 17.7 Å². The summed E-state index contributed by atoms with van der Waals surface area (Å²) >= 11 is 1.66. The molecule has 1 unspecified atom stereocenters. The van der Waals surface area contributed by atoms with Crippen LogP contribution in [0, 0.1) is 11.8 Å². The van der Waals surface area contributed by atoms with Crippen LogP contribution in [0.4, 0.5) is 0 Å². The van der Waals surface area contributed by atoms with E-state index in [-0.39, 0.29) is 0 Å². The first-order chi connectivity index (χ1) is 6.91. The van der Waals surface area contributed by atoms with Gasteiger partial charge in [-0.2, -0.15) is 0 Å². The van der Waals surface area contributed by atoms with Gasteiger partial charge < -0.3 is 5.11 Å². The molecule has 0 bridgehead atoms. The minimum absolute atomic E-state index is 0.453. The molecule has 2 nitrogen and oxygen atoms in total. The maximum absolute atomic E-state index is 11.3. The lowest BCUT2D eigenvalue weighted by Gasteiger charge is -2.47. The molecule has 1 atom stereocenters. The van der Waals surface area contributed by atoms with E-state index in [0.717, 1.165) is 19.3 Å². The Morgan fingerprint density at radius 1 is 1.47 bits per heavy atom. The molecule has 1 saturated carbocycles. The summed E-state index contributed by atoms with van der Waals surface area (Å²) in [6.07, 6.45) is 2.76. The zero-order chi connectivity index (χ0) is 11.6. The first kappa shape index (κ1) is 12.9. The molecule has 0 radical (unpaired) electrons. The summed E-state index contributed by atoms with van der Waals surface area (Å²) in [5, 5.41) is 9.76. The van der Waals surface area contributed by atoms with Crippen LogP contribution in [0.5, 0.6) is 0 Å². The number of carboxylic acids is 1. The predicted molar refractivity (Wildman–Crippen MR) is 65.3 cm³/mol. The van der Waals surface area contributed by atoms with Crippen LogP contribution >= 0.6 is 11.8 Å². The van der Waals surface area contributed by atoms with Crippen molar-refractivity contribution in [3.05, 3.63) is 0 Å². The predicted octanol–water partition coefficient (Wildman–Crippen LogP) is 3.41. The fraction of sp³-hybridized carbons (Fsp3) is 0.917. The maximum Gasteiger partial charge on any atom is 0.319 e. The van der Waals surface area contributed by atoms with Gasteiger partial charge in [0, 0.05) is 5.25 Å². The second kappa shape index (κ2) is 4.77. The number of carbonyl (C=O) groups is 1. The molecule has 15 heavy (non-hydrogen) atoms. The molecular formula is C12H22O2S. The van der Waals surface area contributed by atoms with Crippen LogP contribution in [-0.2, 0) is 4.79 Å². The van der Waals surface area contributed by atoms with Crippen molar-refractivity contribution in [1.29, 1.82) is 0 Å². The third kappa shape index (κ3) is 2.68. The van der Waals surface area contributed by atoms with Crippen LogP contribution in [0.15, 0.2) is 0 Å². The van der Waals surface area contributed by atoms with Gasteiger partial charge in [-0.3, -0.25) is 4.79 Å². The lowest BCUT2D eigenvalue weighted by molar-refractivity contribution is -0.144. The van der Waals surface area contributed by atoms with Crippen LogP contribution < -0.4 is 0 Å². The van der Waals surface area contributed by atoms with E-state index < -0.39 is 10.7 Å². The van der Waals surface area contributed by atoms with Crippen molar-refractivity contribution in [2.24, 2.45) is 11.8 Å². The van der Waals surface area contributed by atoms with Gasteiger partial charge in [0.2, 0.25) is 0 Å². The lowest BCUT2D eigenvalue weighted by Crippen LogP contribution is -2.50. The summed E-state index contributed by atoms with van der Waals surface area (Å²) in [6.45, 7) is 8.61. The minimum Gasteiger partial charge on any atom is -0.480 e. The quantitative estimate of drug-likeness (QED) is 0.786. The largest absolute Gasteiger partial charge is 0.480 e. The second-order valence-corrected chi connectivity index (χ2v) is 6.87. The highest BCUT2D eigenvalue weighted by atomic mass is 32.2. The summed E-state index contributed by atoms with van der Waals surface area (Å²) in [5.74, 6) is 0.623. The summed E-state index contributed by atoms with van der Waals surface area (Å²) < 4.78 is -0.468. The molecule has 88 valence electrons. The second-order valence-electron chi connectivity index (χ2n) is 5.05. The first-order valence-corrected chi connectivity index (χ1v) is 6.70. The van der Waals surface area contributed by atoms with Gasteiger partial charge in [-0.15, -0.1) is 11.8 Å². The van der Waals surface area contributed by atoms with Gasteiger partial charge in [-0.05, 0) is 31.1 Å². The lowest BCUT2D eigenvalue weighted by atomic mass is 9.69. The van der Waals surface area contributed by atoms with Gasteiger partial charge in [0.05, 0.1) is 0 Å². The van der Waals surface area contributed by atoms with Crippen LogP contribution in [0.3, 0.4) is 0 Å². The van der Waals surface area contributed by atoms with E-state index in [0.29, 0.717) is 17.1 Å². The molecule has 0 aromatic rings. The summed E-state index contributed by atoms with van der Waals surface area (Å²) in [7, 11) is 0. The summed E-state index contributed by atoms with van der Waals surface area (Å²) in [6, 6.07) is 0. The first-order valence-electron chi connectivity index (χ1n) is 5.82. The van der Waals surface area contributed by atoms with Gasteiger partial charge in [-0.1, -0.05) is 27.7 Å². The van der Waals surface area contributed by atoms with E-state index in [1.54, 1.807) is 11.8 Å². The van der Waals surface area contributed by atoms with E-state index in [2.05, 4.69) is 27.7 Å². The Kier molecular flexibility index (Phi) is 4.10. The van der Waals surface area contributed by atoms with E-state index in [1.165, 1.54) is 0 Å². The molecule has 0 aromatic carbocycles. The average Bonchev–Trinajstić information content (AvgIpc) is 2.08. The van der Waals surface area contributed by atoms with Gasteiger partial charge in [-0.25, -0.2) is 0 Å². The Labute approximate surface area is 96.8 Å². The van der Waals surface area contributed by atoms with E-state index >= 15 is 0 Å². The Bertz CT molecular complexity index is 232. The van der Waals surface area contributed by atoms with Gasteiger partial charge >= 0.3 is 5.97 Å². The van der Waals surface area contributed by atoms with Crippen molar-refractivity contribution in [1.82, 2.24) is 0 Å². The standard InChI is InChI=1S/C12H22O2S/c1-5-9(4)15-12(11(13)14)6-10(7-12)8(2)3/h8-10H,5-7H2,1-4H3,(H,13,14). The monoisotopic (exact) mass is 230 g/mol. The van der Waals surface area contributed by atoms with Crippen LogP contribution in [0.2, 0.25) is 0 Å². The molecule has 1 rings (SSSR count). The van der Waals surface area contributed by atoms with E-state index in [9.17, 15) is 9.90 Å². The number of carboxylic acid groups (broad SMARTS) is 1. The zero-order valence-corrected chi connectivity index (χ0v) is 10.9. The molecule has 0 saturated heterocycles. The Morgan fingerprint density at radius 2 is 2.00 bits per heavy atom. The van der Waals surface area contributed by atoms with E-state index in [4.69, 9.17) is 0 Å². The molecular weight excluding hydrogens is 208 g/mol. The molecule has 1 aliphatic carbocycles. The van der Waals surface area contributed by atoms with Crippen molar-refractivity contribution in [2.75, 3.05) is 0 Å². The fourth-order valence-corrected chi connectivity index (χ4v) is 3.71. The fourth-order valence-electron chi connectivity index (χ4n) is 2.05. The zero-order valence-electron chi connectivity index (χ0n) is 10.1. The normalized spacial score (nSPS) is 32.5. The minimum atomic E-state index is -0.607. The van der Waals surface area contributed by atoms with Crippen LogP contribution in [0.1, 0.15) is 47.0 Å². The van der Waals surface area contributed by atoms with Crippen LogP contribution in [-0.4, -0.2) is 21.1 Å². The third-order valence-corrected chi connectivity index (χ3v) is 5.21. The van der Waals surface area contributed by atoms with Gasteiger partial charge in [0.1, 0.15) is 4.75 Å². The van der Waals surface area contributed by atoms with Crippen LogP contribution in [0.25, 0.3) is 0 Å². The SMILES string of the molecule is CCC(C)SC1(C(=O)O)CC(C(C)C)C1. The molecule has 0 amide bonds. The highest BCUT2D eigenvalue weighted by Gasteiger charge is 2.52. The number of aliphatic carboxylic acids is 1. The Hall–Kier alpha value is -0.180. The number of thioether (sulfide) groups is 1. The number of hydrogen-bond donors (Lipinski definition) is 1. The van der Waals surface area contributed by atoms with E-state index in [1.807, 2.05) is 0 Å². The molecule has 3 heteroatoms. The summed E-state index contributed by atoms with van der Waals surface area (Å²) in [4.78, 5) is 11.3. The van der Waals surface area contributed by atoms with Gasteiger partial charge in [0.15, 0.2) is 0 Å². The van der Waals surface area contributed by atoms with Crippen molar-refractivity contribution < 1.29 is 9.90 Å². The molecule has 0 spiro atoms. The molecule has 0 aromatic heterocycles. The molecule has 1 aliphatic rings. The molecule has 0 aliphatic heterocycles. The average molecular weight is 230 g/mol. The highest BCUT2D eigenvalue weighted by Crippen LogP contribution is 2.52. The number of hydrogen-bond acceptors (Lipinski definition) is 2. The Balaban J connectivity index is 2.58. The van der Waals surface area contributed by atoms with Crippen molar-refractivity contribution in [2.45, 2.75) is 57.0 Å². The molecule has 0 heterocycles. The topological polar surface area (TPSA) is 37.3 Å². The molecule has 1 N–H and O–H groups in total. The summed E-state index contributed by atoms with van der Waals surface area (Å²) in [5.41, 5.74) is 0. The smallest absolute Gasteiger partial charge is 0.319 e.